The van der Waals surface area contributed by atoms with E-state index in [9.17, 15) is 13.5 Å². The molecule has 2 N–H and O–H groups in total. The van der Waals surface area contributed by atoms with E-state index >= 15 is 0 Å². The van der Waals surface area contributed by atoms with Gasteiger partial charge in [0.2, 0.25) is 0 Å². The van der Waals surface area contributed by atoms with Crippen LogP contribution >= 0.6 is 0 Å². The Hall–Kier alpha value is -0.950. The first-order valence-electron chi connectivity index (χ1n) is 6.54. The maximum absolute atomic E-state index is 12.1. The van der Waals surface area contributed by atoms with Crippen molar-refractivity contribution >= 4 is 10.2 Å². The predicted octanol–water partition coefficient (Wildman–Crippen LogP) is 0.520. The highest BCUT2D eigenvalue weighted by Crippen LogP contribution is 2.12. The van der Waals surface area contributed by atoms with E-state index in [0.717, 1.165) is 18.4 Å². The van der Waals surface area contributed by atoms with E-state index < -0.39 is 16.3 Å². The average molecular weight is 284 g/mol. The first-order chi connectivity index (χ1) is 9.12. The molecule has 1 aliphatic heterocycles. The van der Waals surface area contributed by atoms with Crippen molar-refractivity contribution in [1.82, 2.24) is 9.03 Å². The van der Waals surface area contributed by atoms with Crippen LogP contribution in [0.15, 0.2) is 30.3 Å². The van der Waals surface area contributed by atoms with Crippen molar-refractivity contribution in [3.05, 3.63) is 35.9 Å². The Kier molecular flexibility index (Phi) is 4.93. The van der Waals surface area contributed by atoms with E-state index in [1.807, 2.05) is 30.3 Å². The minimum atomic E-state index is -3.47. The van der Waals surface area contributed by atoms with E-state index in [1.165, 1.54) is 4.31 Å². The maximum Gasteiger partial charge on any atom is 0.279 e. The molecule has 0 amide bonds. The van der Waals surface area contributed by atoms with Gasteiger partial charge in [0.25, 0.3) is 10.2 Å². The SMILES string of the molecule is O=S(=O)(N[C@@H](CO)Cc1ccccc1)N1CCCC1. The summed E-state index contributed by atoms with van der Waals surface area (Å²) in [6, 6.07) is 9.08. The lowest BCUT2D eigenvalue weighted by Crippen LogP contribution is -2.46. The molecule has 106 valence electrons. The molecular weight excluding hydrogens is 264 g/mol. The van der Waals surface area contributed by atoms with Gasteiger partial charge in [0, 0.05) is 13.1 Å². The summed E-state index contributed by atoms with van der Waals surface area (Å²) in [6.07, 6.45) is 2.30. The van der Waals surface area contributed by atoms with Crippen LogP contribution < -0.4 is 4.72 Å². The summed E-state index contributed by atoms with van der Waals surface area (Å²) in [7, 11) is -3.47. The Balaban J connectivity index is 1.98. The quantitative estimate of drug-likeness (QED) is 0.800. The smallest absolute Gasteiger partial charge is 0.279 e. The number of rotatable bonds is 6. The molecule has 1 aromatic rings. The standard InChI is InChI=1S/C13H20N2O3S/c16-11-13(10-12-6-2-1-3-7-12)14-19(17,18)15-8-4-5-9-15/h1-3,6-7,13-14,16H,4-5,8-11H2/t13-/m1/s1. The molecule has 0 aliphatic carbocycles. The van der Waals surface area contributed by atoms with Crippen LogP contribution in [0.2, 0.25) is 0 Å². The molecule has 2 rings (SSSR count). The van der Waals surface area contributed by atoms with Gasteiger partial charge in [-0.3, -0.25) is 0 Å². The first kappa shape index (κ1) is 14.5. The first-order valence-corrected chi connectivity index (χ1v) is 7.98. The third-order valence-corrected chi connectivity index (χ3v) is 4.94. The van der Waals surface area contributed by atoms with E-state index in [4.69, 9.17) is 0 Å². The third kappa shape index (κ3) is 4.01. The number of aliphatic hydroxyl groups excluding tert-OH is 1. The number of hydrogen-bond acceptors (Lipinski definition) is 3. The molecule has 1 aliphatic rings. The third-order valence-electron chi connectivity index (χ3n) is 3.27. The largest absolute Gasteiger partial charge is 0.395 e. The van der Waals surface area contributed by atoms with E-state index in [0.29, 0.717) is 19.5 Å². The van der Waals surface area contributed by atoms with Crippen LogP contribution in [0.3, 0.4) is 0 Å². The Morgan fingerprint density at radius 3 is 2.42 bits per heavy atom. The highest BCUT2D eigenvalue weighted by Gasteiger charge is 2.27. The van der Waals surface area contributed by atoms with Gasteiger partial charge in [-0.25, -0.2) is 0 Å². The van der Waals surface area contributed by atoms with Crippen molar-refractivity contribution in [2.24, 2.45) is 0 Å². The van der Waals surface area contributed by atoms with Gasteiger partial charge in [0.15, 0.2) is 0 Å². The highest BCUT2D eigenvalue weighted by molar-refractivity contribution is 7.87. The number of nitrogens with one attached hydrogen (secondary N) is 1. The van der Waals surface area contributed by atoms with Crippen LogP contribution in [-0.4, -0.2) is 43.6 Å². The molecule has 1 aromatic carbocycles. The molecule has 1 fully saturated rings. The summed E-state index contributed by atoms with van der Waals surface area (Å²) < 4.78 is 28.2. The van der Waals surface area contributed by atoms with Crippen LogP contribution in [0.1, 0.15) is 18.4 Å². The molecule has 1 heterocycles. The van der Waals surface area contributed by atoms with Gasteiger partial charge in [-0.2, -0.15) is 17.4 Å². The lowest BCUT2D eigenvalue weighted by molar-refractivity contribution is 0.254. The zero-order valence-electron chi connectivity index (χ0n) is 10.8. The summed E-state index contributed by atoms with van der Waals surface area (Å²) >= 11 is 0. The van der Waals surface area contributed by atoms with Crippen molar-refractivity contribution in [3.8, 4) is 0 Å². The number of benzene rings is 1. The molecule has 0 spiro atoms. The average Bonchev–Trinajstić information content (AvgIpc) is 2.93. The molecule has 0 aromatic heterocycles. The molecule has 1 saturated heterocycles. The highest BCUT2D eigenvalue weighted by atomic mass is 32.2. The van der Waals surface area contributed by atoms with Crippen LogP contribution in [0.4, 0.5) is 0 Å². The van der Waals surface area contributed by atoms with Crippen LogP contribution in [0, 0.1) is 0 Å². The van der Waals surface area contributed by atoms with Crippen LogP contribution in [-0.2, 0) is 16.6 Å². The monoisotopic (exact) mass is 284 g/mol. The molecule has 0 saturated carbocycles. The summed E-state index contributed by atoms with van der Waals surface area (Å²) in [4.78, 5) is 0. The zero-order valence-corrected chi connectivity index (χ0v) is 11.6. The maximum atomic E-state index is 12.1. The van der Waals surface area contributed by atoms with Crippen molar-refractivity contribution in [2.45, 2.75) is 25.3 Å². The van der Waals surface area contributed by atoms with Crippen LogP contribution in [0.5, 0.6) is 0 Å². The number of nitrogens with zero attached hydrogens (tertiary/aromatic N) is 1. The Bertz CT molecular complexity index is 484. The van der Waals surface area contributed by atoms with E-state index in [-0.39, 0.29) is 6.61 Å². The molecular formula is C13H20N2O3S. The molecule has 0 unspecified atom stereocenters. The lowest BCUT2D eigenvalue weighted by atomic mass is 10.1. The molecule has 19 heavy (non-hydrogen) atoms. The van der Waals surface area contributed by atoms with Gasteiger partial charge in [-0.15, -0.1) is 0 Å². The lowest BCUT2D eigenvalue weighted by Gasteiger charge is -2.21. The molecule has 1 atom stereocenters. The minimum Gasteiger partial charge on any atom is -0.395 e. The fraction of sp³-hybridized carbons (Fsp3) is 0.538. The van der Waals surface area contributed by atoms with Crippen molar-refractivity contribution < 1.29 is 13.5 Å². The second kappa shape index (κ2) is 6.47. The summed E-state index contributed by atoms with van der Waals surface area (Å²) in [5.74, 6) is 0. The Morgan fingerprint density at radius 2 is 1.84 bits per heavy atom. The van der Waals surface area contributed by atoms with Gasteiger partial charge in [-0.05, 0) is 24.8 Å². The van der Waals surface area contributed by atoms with Gasteiger partial charge in [0.05, 0.1) is 12.6 Å². The molecule has 6 heteroatoms. The Morgan fingerprint density at radius 1 is 1.21 bits per heavy atom. The summed E-state index contributed by atoms with van der Waals surface area (Å²) in [5.41, 5.74) is 1.01. The van der Waals surface area contributed by atoms with Crippen molar-refractivity contribution in [2.75, 3.05) is 19.7 Å². The summed E-state index contributed by atoms with van der Waals surface area (Å²) in [5, 5.41) is 9.35. The predicted molar refractivity (Wildman–Crippen MR) is 73.9 cm³/mol. The van der Waals surface area contributed by atoms with Crippen molar-refractivity contribution in [3.63, 3.8) is 0 Å². The molecule has 0 radical (unpaired) electrons. The second-order valence-corrected chi connectivity index (χ2v) is 6.50. The molecule has 0 bridgehead atoms. The van der Waals surface area contributed by atoms with Crippen molar-refractivity contribution in [1.29, 1.82) is 0 Å². The fourth-order valence-corrected chi connectivity index (χ4v) is 3.72. The Labute approximate surface area is 114 Å². The fourth-order valence-electron chi connectivity index (χ4n) is 2.26. The number of aliphatic hydroxyl groups is 1. The zero-order chi connectivity index (χ0) is 13.7. The van der Waals surface area contributed by atoms with E-state index in [1.54, 1.807) is 0 Å². The van der Waals surface area contributed by atoms with Gasteiger partial charge in [-0.1, -0.05) is 30.3 Å². The minimum absolute atomic E-state index is 0.206. The topological polar surface area (TPSA) is 69.6 Å². The van der Waals surface area contributed by atoms with Gasteiger partial charge < -0.3 is 5.11 Å². The summed E-state index contributed by atoms with van der Waals surface area (Å²) in [6.45, 7) is 0.930. The van der Waals surface area contributed by atoms with Crippen LogP contribution in [0.25, 0.3) is 0 Å². The van der Waals surface area contributed by atoms with Gasteiger partial charge >= 0.3 is 0 Å². The molecule has 5 nitrogen and oxygen atoms in total. The second-order valence-electron chi connectivity index (χ2n) is 4.80. The normalized spacial score (nSPS) is 18.6. The van der Waals surface area contributed by atoms with E-state index in [2.05, 4.69) is 4.72 Å². The van der Waals surface area contributed by atoms with Gasteiger partial charge in [0.1, 0.15) is 0 Å². The number of hydrogen-bond donors (Lipinski definition) is 2.